The van der Waals surface area contributed by atoms with Gasteiger partial charge in [-0.1, -0.05) is 0 Å². The summed E-state index contributed by atoms with van der Waals surface area (Å²) in [5.41, 5.74) is 0. The molecule has 0 aromatic rings. The largest absolute Gasteiger partial charge is 0.390 e. The van der Waals surface area contributed by atoms with Crippen molar-refractivity contribution in [1.82, 2.24) is 0 Å². The smallest absolute Gasteiger partial charge is 0.161 e. The van der Waals surface area contributed by atoms with Gasteiger partial charge in [-0.25, -0.2) is 0 Å². The molecule has 4 heteroatoms. The minimum Gasteiger partial charge on any atom is -0.390 e. The highest BCUT2D eigenvalue weighted by atomic mass is 16.5. The van der Waals surface area contributed by atoms with Crippen LogP contribution in [0.5, 0.6) is 0 Å². The van der Waals surface area contributed by atoms with Crippen LogP contribution in [0.15, 0.2) is 0 Å². The van der Waals surface area contributed by atoms with Gasteiger partial charge >= 0.3 is 0 Å². The van der Waals surface area contributed by atoms with E-state index in [4.69, 9.17) is 9.47 Å². The van der Waals surface area contributed by atoms with Crippen molar-refractivity contribution < 1.29 is 19.4 Å². The Kier molecular flexibility index (Phi) is 4.32. The normalized spacial score (nSPS) is 36.3. The molecular weight excluding hydrogens is 208 g/mol. The lowest BCUT2D eigenvalue weighted by Crippen LogP contribution is -2.36. The molecule has 0 amide bonds. The third-order valence-electron chi connectivity index (χ3n) is 3.36. The molecule has 0 bridgehead atoms. The molecule has 0 aromatic heterocycles. The van der Waals surface area contributed by atoms with Gasteiger partial charge in [0.05, 0.1) is 12.2 Å². The second-order valence-electron chi connectivity index (χ2n) is 4.63. The Hall–Kier alpha value is -0.450. The zero-order valence-electron chi connectivity index (χ0n) is 9.56. The van der Waals surface area contributed by atoms with Gasteiger partial charge in [0.25, 0.3) is 0 Å². The number of ether oxygens (including phenoxy) is 2. The number of rotatable bonds is 3. The fourth-order valence-corrected chi connectivity index (χ4v) is 2.39. The van der Waals surface area contributed by atoms with Crippen molar-refractivity contribution in [3.8, 4) is 0 Å². The average molecular weight is 228 g/mol. The van der Waals surface area contributed by atoms with E-state index >= 15 is 0 Å². The van der Waals surface area contributed by atoms with Crippen molar-refractivity contribution in [2.45, 2.75) is 56.8 Å². The van der Waals surface area contributed by atoms with Crippen molar-refractivity contribution in [2.75, 3.05) is 13.2 Å². The predicted octanol–water partition coefficient (Wildman–Crippen LogP) is 1.05. The summed E-state index contributed by atoms with van der Waals surface area (Å²) in [5, 5.41) is 9.71. The maximum absolute atomic E-state index is 11.5. The van der Waals surface area contributed by atoms with E-state index in [-0.39, 0.29) is 24.1 Å². The van der Waals surface area contributed by atoms with Crippen molar-refractivity contribution in [3.05, 3.63) is 0 Å². The molecule has 2 heterocycles. The fraction of sp³-hybridized carbons (Fsp3) is 0.917. The Balaban J connectivity index is 1.75. The first kappa shape index (κ1) is 12.0. The van der Waals surface area contributed by atoms with Gasteiger partial charge in [-0.15, -0.1) is 0 Å². The number of ketones is 1. The van der Waals surface area contributed by atoms with Gasteiger partial charge in [-0.2, -0.15) is 0 Å². The first-order valence-electron chi connectivity index (χ1n) is 6.21. The van der Waals surface area contributed by atoms with Crippen LogP contribution < -0.4 is 0 Å². The number of Topliss-reactive ketones (excluding diaryl/α,β-unsaturated/α-hetero) is 1. The lowest BCUT2D eigenvalue weighted by atomic mass is 9.96. The van der Waals surface area contributed by atoms with Crippen LogP contribution in [-0.2, 0) is 14.3 Å². The second kappa shape index (κ2) is 5.75. The van der Waals surface area contributed by atoms with Gasteiger partial charge in [0.2, 0.25) is 0 Å². The van der Waals surface area contributed by atoms with Crippen LogP contribution in [0.2, 0.25) is 0 Å². The highest BCUT2D eigenvalue weighted by Gasteiger charge is 2.28. The quantitative estimate of drug-likeness (QED) is 0.784. The van der Waals surface area contributed by atoms with Crippen LogP contribution in [0.3, 0.4) is 0 Å². The third-order valence-corrected chi connectivity index (χ3v) is 3.36. The summed E-state index contributed by atoms with van der Waals surface area (Å²) in [6.45, 7) is 1.41. The van der Waals surface area contributed by atoms with Gasteiger partial charge in [-0.3, -0.25) is 4.79 Å². The van der Waals surface area contributed by atoms with Crippen molar-refractivity contribution in [3.63, 3.8) is 0 Å². The van der Waals surface area contributed by atoms with E-state index in [9.17, 15) is 9.90 Å². The molecule has 0 saturated carbocycles. The molecule has 3 atom stereocenters. The van der Waals surface area contributed by atoms with E-state index in [2.05, 4.69) is 0 Å². The van der Waals surface area contributed by atoms with Crippen LogP contribution in [0.25, 0.3) is 0 Å². The maximum Gasteiger partial charge on any atom is 0.161 e. The number of hydrogen-bond donors (Lipinski definition) is 1. The zero-order chi connectivity index (χ0) is 11.4. The Labute approximate surface area is 95.9 Å². The lowest BCUT2D eigenvalue weighted by molar-refractivity contribution is -0.137. The number of aliphatic hydroxyl groups is 1. The van der Waals surface area contributed by atoms with Gasteiger partial charge in [0.15, 0.2) is 5.78 Å². The highest BCUT2D eigenvalue weighted by Crippen LogP contribution is 2.21. The molecule has 0 radical (unpaired) electrons. The molecule has 0 aromatic carbocycles. The predicted molar refractivity (Wildman–Crippen MR) is 58.2 cm³/mol. The van der Waals surface area contributed by atoms with Gasteiger partial charge in [0.1, 0.15) is 6.10 Å². The molecule has 0 unspecified atom stereocenters. The minimum absolute atomic E-state index is 0.105. The van der Waals surface area contributed by atoms with Crippen LogP contribution in [-0.4, -0.2) is 42.4 Å². The number of carbonyl (C=O) groups excluding carboxylic acids is 1. The molecular formula is C12H20O4. The van der Waals surface area contributed by atoms with Gasteiger partial charge in [-0.05, 0) is 32.1 Å². The summed E-state index contributed by atoms with van der Waals surface area (Å²) in [4.78, 5) is 11.5. The Bertz CT molecular complexity index is 241. The fourth-order valence-electron chi connectivity index (χ4n) is 2.39. The van der Waals surface area contributed by atoms with Gasteiger partial charge < -0.3 is 14.6 Å². The first-order chi connectivity index (χ1) is 7.77. The molecule has 2 rings (SSSR count). The van der Waals surface area contributed by atoms with E-state index in [0.717, 1.165) is 32.3 Å². The molecule has 0 spiro atoms. The minimum atomic E-state index is -0.368. The summed E-state index contributed by atoms with van der Waals surface area (Å²) in [6, 6.07) is 0. The number of hydrogen-bond acceptors (Lipinski definition) is 4. The molecule has 16 heavy (non-hydrogen) atoms. The summed E-state index contributed by atoms with van der Waals surface area (Å²) >= 11 is 0. The van der Waals surface area contributed by atoms with Gasteiger partial charge in [0, 0.05) is 19.6 Å². The van der Waals surface area contributed by atoms with Crippen molar-refractivity contribution in [1.29, 1.82) is 0 Å². The van der Waals surface area contributed by atoms with Crippen LogP contribution in [0.1, 0.15) is 38.5 Å². The van der Waals surface area contributed by atoms with E-state index in [1.54, 1.807) is 0 Å². The standard InChI is InChI=1S/C12H20O4/c13-9-3-1-7-15-11(9)5-6-12-10(14)4-2-8-16-12/h9,11-13H,1-8H2/t9-,11+,12+/m0/s1. The summed E-state index contributed by atoms with van der Waals surface area (Å²) < 4.78 is 10.9. The summed E-state index contributed by atoms with van der Waals surface area (Å²) in [7, 11) is 0. The molecule has 92 valence electrons. The highest BCUT2D eigenvalue weighted by molar-refractivity contribution is 5.83. The number of carbonyl (C=O) groups is 1. The summed E-state index contributed by atoms with van der Waals surface area (Å²) in [5.74, 6) is 0.205. The second-order valence-corrected chi connectivity index (χ2v) is 4.63. The lowest BCUT2D eigenvalue weighted by Gasteiger charge is -2.29. The summed E-state index contributed by atoms with van der Waals surface area (Å²) in [6.07, 6.45) is 3.89. The topological polar surface area (TPSA) is 55.8 Å². The van der Waals surface area contributed by atoms with E-state index in [1.165, 1.54) is 0 Å². The van der Waals surface area contributed by atoms with Crippen molar-refractivity contribution >= 4 is 5.78 Å². The molecule has 1 N–H and O–H groups in total. The SMILES string of the molecule is O=C1CCCO[C@@H]1CC[C@H]1OCCC[C@@H]1O. The van der Waals surface area contributed by atoms with Crippen LogP contribution in [0, 0.1) is 0 Å². The van der Waals surface area contributed by atoms with Crippen molar-refractivity contribution in [2.24, 2.45) is 0 Å². The van der Waals surface area contributed by atoms with Crippen LogP contribution >= 0.6 is 0 Å². The molecule has 2 saturated heterocycles. The molecule has 0 aliphatic carbocycles. The van der Waals surface area contributed by atoms with E-state index in [1.807, 2.05) is 0 Å². The molecule has 2 aliphatic heterocycles. The number of aliphatic hydroxyl groups excluding tert-OH is 1. The van der Waals surface area contributed by atoms with Crippen LogP contribution in [0.4, 0.5) is 0 Å². The maximum atomic E-state index is 11.5. The Morgan fingerprint density at radius 1 is 1.19 bits per heavy atom. The first-order valence-corrected chi connectivity index (χ1v) is 6.21. The van der Waals surface area contributed by atoms with E-state index in [0.29, 0.717) is 19.4 Å². The Morgan fingerprint density at radius 3 is 2.75 bits per heavy atom. The average Bonchev–Trinajstić information content (AvgIpc) is 2.30. The molecule has 4 nitrogen and oxygen atoms in total. The monoisotopic (exact) mass is 228 g/mol. The molecule has 2 fully saturated rings. The van der Waals surface area contributed by atoms with E-state index < -0.39 is 0 Å². The molecule has 2 aliphatic rings. The zero-order valence-corrected chi connectivity index (χ0v) is 9.56. The Morgan fingerprint density at radius 2 is 2.00 bits per heavy atom. The third kappa shape index (κ3) is 3.03.